The summed E-state index contributed by atoms with van der Waals surface area (Å²) in [4.78, 5) is 15.6. The highest BCUT2D eigenvalue weighted by Gasteiger charge is 2.29. The van der Waals surface area contributed by atoms with Gasteiger partial charge < -0.3 is 0 Å². The molecule has 11 heteroatoms. The molecule has 1 unspecified atom stereocenters. The lowest BCUT2D eigenvalue weighted by Gasteiger charge is -2.26. The van der Waals surface area contributed by atoms with Gasteiger partial charge in [0.15, 0.2) is 5.69 Å². The van der Waals surface area contributed by atoms with Crippen LogP contribution in [0.2, 0.25) is 10.0 Å². The van der Waals surface area contributed by atoms with Crippen LogP contribution in [0.4, 0.5) is 0 Å². The van der Waals surface area contributed by atoms with Crippen molar-refractivity contribution in [1.29, 1.82) is 0 Å². The van der Waals surface area contributed by atoms with Crippen LogP contribution in [0.5, 0.6) is 0 Å². The van der Waals surface area contributed by atoms with Crippen LogP contribution in [0.3, 0.4) is 0 Å². The average molecular weight is 697 g/mol. The highest BCUT2D eigenvalue weighted by Crippen LogP contribution is 2.37. The fourth-order valence-electron chi connectivity index (χ4n) is 5.34. The van der Waals surface area contributed by atoms with Crippen LogP contribution in [-0.4, -0.2) is 49.6 Å². The van der Waals surface area contributed by atoms with Crippen molar-refractivity contribution in [3.05, 3.63) is 91.9 Å². The molecule has 7 nitrogen and oxygen atoms in total. The summed E-state index contributed by atoms with van der Waals surface area (Å²) < 4.78 is 18.5. The number of hydrazine groups is 1. The van der Waals surface area contributed by atoms with Crippen LogP contribution >= 0.6 is 34.5 Å². The molecule has 0 radical (unpaired) electrons. The molecular formula is C35H39Cl2N5O2S2. The van der Waals surface area contributed by atoms with Crippen LogP contribution in [0, 0.1) is 24.2 Å². The smallest absolute Gasteiger partial charge is 0.283 e. The van der Waals surface area contributed by atoms with Gasteiger partial charge in [-0.15, -0.1) is 11.3 Å². The Labute approximate surface area is 286 Å². The molecule has 5 rings (SSSR count). The largest absolute Gasteiger partial charge is 0.286 e. The second-order valence-electron chi connectivity index (χ2n) is 12.8. The maximum atomic E-state index is 13.9. The zero-order chi connectivity index (χ0) is 33.1. The van der Waals surface area contributed by atoms with Crippen LogP contribution in [0.1, 0.15) is 72.1 Å². The van der Waals surface area contributed by atoms with Crippen LogP contribution in [-0.2, 0) is 16.3 Å². The lowest BCUT2D eigenvalue weighted by molar-refractivity contribution is 0.0743. The van der Waals surface area contributed by atoms with E-state index < -0.39 is 9.71 Å². The second kappa shape index (κ2) is 14.3. The first-order valence-corrected chi connectivity index (χ1v) is 18.7. The number of hydrogen-bond acceptors (Lipinski definition) is 5. The molecule has 2 aromatic heterocycles. The number of nitrogens with one attached hydrogen (secondary N) is 2. The van der Waals surface area contributed by atoms with Gasteiger partial charge in [-0.1, -0.05) is 79.9 Å². The first-order chi connectivity index (χ1) is 21.8. The maximum absolute atomic E-state index is 13.9. The van der Waals surface area contributed by atoms with Crippen molar-refractivity contribution in [2.45, 2.75) is 53.5 Å². The number of nitrogens with zero attached hydrogens (tertiary/aromatic N) is 3. The molecule has 0 spiro atoms. The molecule has 1 atom stereocenters. The predicted molar refractivity (Wildman–Crippen MR) is 193 cm³/mol. The minimum absolute atomic E-state index is 0.101. The van der Waals surface area contributed by atoms with E-state index >= 15 is 0 Å². The molecule has 1 fully saturated rings. The van der Waals surface area contributed by atoms with E-state index in [-0.39, 0.29) is 23.6 Å². The Morgan fingerprint density at radius 3 is 2.43 bits per heavy atom. The topological polar surface area (TPSA) is 79.3 Å². The molecule has 46 heavy (non-hydrogen) atoms. The van der Waals surface area contributed by atoms with E-state index in [0.29, 0.717) is 32.7 Å². The molecule has 0 bridgehead atoms. The molecule has 4 aromatic rings. The molecule has 242 valence electrons. The van der Waals surface area contributed by atoms with Crippen molar-refractivity contribution in [3.8, 4) is 28.1 Å². The van der Waals surface area contributed by atoms with Crippen molar-refractivity contribution in [3.63, 3.8) is 0 Å². The summed E-state index contributed by atoms with van der Waals surface area (Å²) in [6, 6.07) is 17.2. The molecule has 1 amide bonds. The van der Waals surface area contributed by atoms with Crippen molar-refractivity contribution >= 4 is 56.0 Å². The number of carbonyl (C=O) groups is 1. The number of benzene rings is 2. The normalized spacial score (nSPS) is 15.2. The van der Waals surface area contributed by atoms with Crippen molar-refractivity contribution in [2.75, 3.05) is 18.8 Å². The standard InChI is InChI=1S/C35H39Cl2N5O2S2/c1-24-9-11-25(12-10-24)13-15-27-16-18-31(45-27)33-28(22-38-46(5,44)23-35(2,3)4)32(34(43)40-41-19-7-6-8-20-41)39-42(33)30-17-14-26(36)21-29(30)37/h9-12,14,16-18,21H,5-8,19-20,22-23H2,1-4H3,(H,38,44)(H,40,43). The zero-order valence-corrected chi connectivity index (χ0v) is 29.7. The van der Waals surface area contributed by atoms with Gasteiger partial charge in [0.25, 0.3) is 5.91 Å². The van der Waals surface area contributed by atoms with Crippen LogP contribution in [0.25, 0.3) is 16.3 Å². The number of carbonyl (C=O) groups excluding carboxylic acids is 1. The molecule has 0 saturated carbocycles. The summed E-state index contributed by atoms with van der Waals surface area (Å²) in [6.45, 7) is 9.74. The lowest BCUT2D eigenvalue weighted by atomic mass is 10.0. The first-order valence-electron chi connectivity index (χ1n) is 15.2. The van der Waals surface area contributed by atoms with E-state index in [2.05, 4.69) is 27.9 Å². The molecule has 2 N–H and O–H groups in total. The Hall–Kier alpha value is -3.10. The van der Waals surface area contributed by atoms with Gasteiger partial charge in [0.05, 0.1) is 26.2 Å². The monoisotopic (exact) mass is 695 g/mol. The third kappa shape index (κ3) is 8.82. The highest BCUT2D eigenvalue weighted by atomic mass is 35.5. The third-order valence-electron chi connectivity index (χ3n) is 7.35. The summed E-state index contributed by atoms with van der Waals surface area (Å²) in [7, 11) is -2.70. The number of aromatic nitrogens is 2. The Morgan fingerprint density at radius 1 is 1.04 bits per heavy atom. The fraction of sp³-hybridized carbons (Fsp3) is 0.343. The minimum atomic E-state index is -2.70. The quantitative estimate of drug-likeness (QED) is 0.148. The van der Waals surface area contributed by atoms with Crippen LogP contribution in [0.15, 0.2) is 54.6 Å². The van der Waals surface area contributed by atoms with E-state index in [1.807, 2.05) is 69.1 Å². The Kier molecular flexibility index (Phi) is 10.7. The number of piperidine rings is 1. The van der Waals surface area contributed by atoms with Gasteiger partial charge in [0, 0.05) is 51.2 Å². The highest BCUT2D eigenvalue weighted by molar-refractivity contribution is 7.98. The summed E-state index contributed by atoms with van der Waals surface area (Å²) in [5, 5.41) is 7.66. The number of thiophene rings is 1. The van der Waals surface area contributed by atoms with Crippen molar-refractivity contribution in [2.24, 2.45) is 5.41 Å². The molecule has 1 saturated heterocycles. The molecule has 1 aliphatic heterocycles. The van der Waals surface area contributed by atoms with E-state index in [1.54, 1.807) is 22.9 Å². The van der Waals surface area contributed by atoms with Crippen molar-refractivity contribution < 1.29 is 9.00 Å². The Bertz CT molecular complexity index is 1890. The fourth-order valence-corrected chi connectivity index (χ4v) is 8.65. The van der Waals surface area contributed by atoms with Gasteiger partial charge in [0.2, 0.25) is 0 Å². The van der Waals surface area contributed by atoms with E-state index in [1.165, 1.54) is 16.9 Å². The molecule has 0 aliphatic carbocycles. The summed E-state index contributed by atoms with van der Waals surface area (Å²) >= 11 is 14.5. The van der Waals surface area contributed by atoms with Crippen molar-refractivity contribution in [1.82, 2.24) is 24.9 Å². The predicted octanol–water partition coefficient (Wildman–Crippen LogP) is 7.51. The number of rotatable bonds is 8. The summed E-state index contributed by atoms with van der Waals surface area (Å²) in [5.74, 6) is 10.6. The number of aryl methyl sites for hydroxylation is 1. The molecule has 2 aromatic carbocycles. The van der Waals surface area contributed by atoms with Gasteiger partial charge in [-0.3, -0.25) is 14.4 Å². The second-order valence-corrected chi connectivity index (χ2v) is 16.9. The van der Waals surface area contributed by atoms with Gasteiger partial charge in [-0.2, -0.15) is 5.10 Å². The summed E-state index contributed by atoms with van der Waals surface area (Å²) in [5.41, 5.74) is 6.95. The Morgan fingerprint density at radius 2 is 1.76 bits per heavy atom. The van der Waals surface area contributed by atoms with Gasteiger partial charge in [-0.25, -0.2) is 14.4 Å². The SMILES string of the molecule is C=S(=O)(CC(C)(C)C)NCc1c(C(=O)NN2CCCCC2)nn(-c2ccc(Cl)cc2Cl)c1-c1ccc(C#Cc2ccc(C)cc2)s1. The van der Waals surface area contributed by atoms with Crippen LogP contribution < -0.4 is 10.1 Å². The van der Waals surface area contributed by atoms with E-state index in [4.69, 9.17) is 28.3 Å². The number of hydrogen-bond donors (Lipinski definition) is 2. The zero-order valence-electron chi connectivity index (χ0n) is 26.6. The lowest BCUT2D eigenvalue weighted by Crippen LogP contribution is -2.45. The summed E-state index contributed by atoms with van der Waals surface area (Å²) in [6.07, 6.45) is 3.15. The first kappa shape index (κ1) is 34.2. The molecular weight excluding hydrogens is 657 g/mol. The third-order valence-corrected chi connectivity index (χ3v) is 10.9. The van der Waals surface area contributed by atoms with Gasteiger partial charge >= 0.3 is 0 Å². The molecule has 3 heterocycles. The van der Waals surface area contributed by atoms with E-state index in [9.17, 15) is 9.00 Å². The molecule has 1 aliphatic rings. The Balaban J connectivity index is 1.63. The number of halogens is 2. The van der Waals surface area contributed by atoms with Gasteiger partial charge in [-0.05, 0) is 73.5 Å². The minimum Gasteiger partial charge on any atom is -0.283 e. The number of amides is 1. The average Bonchev–Trinajstić information content (AvgIpc) is 3.60. The maximum Gasteiger partial charge on any atom is 0.286 e. The van der Waals surface area contributed by atoms with E-state index in [0.717, 1.165) is 47.7 Å². The van der Waals surface area contributed by atoms with Gasteiger partial charge in [0.1, 0.15) is 0 Å².